The highest BCUT2D eigenvalue weighted by atomic mass is 16.6. The van der Waals surface area contributed by atoms with Crippen LogP contribution in [0.4, 0.5) is 11.4 Å². The van der Waals surface area contributed by atoms with Gasteiger partial charge in [-0.2, -0.15) is 0 Å². The molecular weight excluding hydrogens is 292 g/mol. The second kappa shape index (κ2) is 5.68. The third-order valence-corrected chi connectivity index (χ3v) is 3.95. The molecule has 3 rings (SSSR count). The van der Waals surface area contributed by atoms with Crippen LogP contribution in [0.5, 0.6) is 0 Å². The van der Waals surface area contributed by atoms with Crippen LogP contribution in [0.25, 0.3) is 6.08 Å². The summed E-state index contributed by atoms with van der Waals surface area (Å²) < 4.78 is 0. The molecule has 0 N–H and O–H groups in total. The number of nitro groups is 1. The Labute approximate surface area is 134 Å². The average molecular weight is 308 g/mol. The molecule has 0 atom stereocenters. The van der Waals surface area contributed by atoms with Crippen molar-refractivity contribution in [1.29, 1.82) is 0 Å². The molecule has 0 aromatic heterocycles. The molecule has 0 radical (unpaired) electrons. The van der Waals surface area contributed by atoms with Gasteiger partial charge in [-0.1, -0.05) is 30.3 Å². The molecule has 0 saturated carbocycles. The number of nitro benzene ring substituents is 1. The molecule has 0 aliphatic heterocycles. The van der Waals surface area contributed by atoms with Gasteiger partial charge in [-0.05, 0) is 23.3 Å². The fourth-order valence-corrected chi connectivity index (χ4v) is 2.83. The first-order valence-corrected chi connectivity index (χ1v) is 7.26. The summed E-state index contributed by atoms with van der Waals surface area (Å²) in [6.45, 7) is 0. The number of benzene rings is 2. The molecule has 5 nitrogen and oxygen atoms in total. The summed E-state index contributed by atoms with van der Waals surface area (Å²) in [5, 5.41) is 11.2. The van der Waals surface area contributed by atoms with E-state index in [0.29, 0.717) is 23.2 Å². The highest BCUT2D eigenvalue weighted by Gasteiger charge is 2.24. The largest absolute Gasteiger partial charge is 0.372 e. The molecule has 0 spiro atoms. The lowest BCUT2D eigenvalue weighted by atomic mass is 10.1. The molecule has 0 unspecified atom stereocenters. The van der Waals surface area contributed by atoms with Crippen molar-refractivity contribution < 1.29 is 9.72 Å². The first-order chi connectivity index (χ1) is 11.0. The van der Waals surface area contributed by atoms with E-state index in [4.69, 9.17) is 0 Å². The standard InChI is InChI=1S/C18H16N2O3/c1-19(2)16-8-7-12(10-17(16)20(22)23)9-14-11-13-5-3-4-6-15(13)18(14)21/h3-10H,11H2,1-2H3/b14-9+. The smallest absolute Gasteiger partial charge is 0.293 e. The predicted octanol–water partition coefficient (Wildman–Crippen LogP) is 3.48. The monoisotopic (exact) mass is 308 g/mol. The number of Topliss-reactive ketones (excluding diaryl/α,β-unsaturated/α-hetero) is 1. The van der Waals surface area contributed by atoms with E-state index in [1.54, 1.807) is 37.2 Å². The van der Waals surface area contributed by atoms with Crippen LogP contribution in [-0.2, 0) is 6.42 Å². The summed E-state index contributed by atoms with van der Waals surface area (Å²) in [6, 6.07) is 12.5. The molecule has 0 heterocycles. The van der Waals surface area contributed by atoms with E-state index in [2.05, 4.69) is 0 Å². The van der Waals surface area contributed by atoms with Crippen LogP contribution in [0.2, 0.25) is 0 Å². The first kappa shape index (κ1) is 15.0. The van der Waals surface area contributed by atoms with Gasteiger partial charge in [-0.25, -0.2) is 0 Å². The second-order valence-corrected chi connectivity index (χ2v) is 5.73. The van der Waals surface area contributed by atoms with Gasteiger partial charge >= 0.3 is 0 Å². The Morgan fingerprint density at radius 1 is 1.17 bits per heavy atom. The van der Waals surface area contributed by atoms with Crippen molar-refractivity contribution in [2.45, 2.75) is 6.42 Å². The lowest BCUT2D eigenvalue weighted by molar-refractivity contribution is -0.384. The molecule has 2 aromatic carbocycles. The summed E-state index contributed by atoms with van der Waals surface area (Å²) in [7, 11) is 3.52. The number of ketones is 1. The number of hydrogen-bond donors (Lipinski definition) is 0. The van der Waals surface area contributed by atoms with E-state index in [1.807, 2.05) is 24.3 Å². The fourth-order valence-electron chi connectivity index (χ4n) is 2.83. The molecular formula is C18H16N2O3. The maximum Gasteiger partial charge on any atom is 0.293 e. The summed E-state index contributed by atoms with van der Waals surface area (Å²) in [6.07, 6.45) is 2.31. The lowest BCUT2D eigenvalue weighted by Crippen LogP contribution is -2.11. The van der Waals surface area contributed by atoms with Gasteiger partial charge in [0, 0.05) is 37.7 Å². The number of nitrogens with zero attached hydrogens (tertiary/aromatic N) is 2. The van der Waals surface area contributed by atoms with Gasteiger partial charge in [-0.15, -0.1) is 0 Å². The van der Waals surface area contributed by atoms with Crippen LogP contribution in [0, 0.1) is 10.1 Å². The maximum atomic E-state index is 12.4. The quantitative estimate of drug-likeness (QED) is 0.495. The first-order valence-electron chi connectivity index (χ1n) is 7.26. The SMILES string of the molecule is CN(C)c1ccc(/C=C2\Cc3ccccc3C2=O)cc1[N+](=O)[O-]. The summed E-state index contributed by atoms with van der Waals surface area (Å²) in [5.74, 6) is -0.0000563. The zero-order valence-corrected chi connectivity index (χ0v) is 12.9. The number of carbonyl (C=O) groups excluding carboxylic acids is 1. The van der Waals surface area contributed by atoms with Crippen molar-refractivity contribution in [3.05, 3.63) is 74.8 Å². The Morgan fingerprint density at radius 3 is 2.57 bits per heavy atom. The van der Waals surface area contributed by atoms with E-state index >= 15 is 0 Å². The molecule has 2 aromatic rings. The minimum Gasteiger partial charge on any atom is -0.372 e. The van der Waals surface area contributed by atoms with Crippen LogP contribution in [0.1, 0.15) is 21.5 Å². The fraction of sp³-hybridized carbons (Fsp3) is 0.167. The molecule has 23 heavy (non-hydrogen) atoms. The van der Waals surface area contributed by atoms with Gasteiger partial charge in [0.25, 0.3) is 5.69 Å². The third kappa shape index (κ3) is 2.73. The number of fused-ring (bicyclic) bond motifs is 1. The molecule has 0 amide bonds. The van der Waals surface area contributed by atoms with Gasteiger partial charge in [0.2, 0.25) is 0 Å². The van der Waals surface area contributed by atoms with Crippen molar-refractivity contribution in [3.63, 3.8) is 0 Å². The molecule has 0 fully saturated rings. The number of anilines is 1. The molecule has 116 valence electrons. The summed E-state index contributed by atoms with van der Waals surface area (Å²) >= 11 is 0. The molecule has 0 saturated heterocycles. The number of carbonyl (C=O) groups is 1. The zero-order valence-electron chi connectivity index (χ0n) is 12.9. The van der Waals surface area contributed by atoms with Crippen LogP contribution < -0.4 is 4.90 Å². The van der Waals surface area contributed by atoms with Crippen LogP contribution in [-0.4, -0.2) is 24.8 Å². The topological polar surface area (TPSA) is 63.5 Å². The van der Waals surface area contributed by atoms with Crippen LogP contribution in [0.3, 0.4) is 0 Å². The van der Waals surface area contributed by atoms with Crippen LogP contribution in [0.15, 0.2) is 48.0 Å². The molecule has 1 aliphatic carbocycles. The van der Waals surface area contributed by atoms with Crippen LogP contribution >= 0.6 is 0 Å². The van der Waals surface area contributed by atoms with E-state index in [0.717, 1.165) is 11.1 Å². The number of hydrogen-bond acceptors (Lipinski definition) is 4. The van der Waals surface area contributed by atoms with E-state index in [9.17, 15) is 14.9 Å². The Kier molecular flexibility index (Phi) is 3.70. The Balaban J connectivity index is 2.00. The number of rotatable bonds is 3. The average Bonchev–Trinajstić information content (AvgIpc) is 2.83. The lowest BCUT2D eigenvalue weighted by Gasteiger charge is -2.12. The second-order valence-electron chi connectivity index (χ2n) is 5.73. The van der Waals surface area contributed by atoms with E-state index < -0.39 is 4.92 Å². The van der Waals surface area contributed by atoms with Crippen molar-refractivity contribution in [1.82, 2.24) is 0 Å². The maximum absolute atomic E-state index is 12.4. The normalized spacial score (nSPS) is 14.9. The minimum absolute atomic E-state index is 0.0000563. The number of allylic oxidation sites excluding steroid dienone is 1. The Bertz CT molecular complexity index is 838. The predicted molar refractivity (Wildman–Crippen MR) is 89.9 cm³/mol. The van der Waals surface area contributed by atoms with Gasteiger partial charge in [-0.3, -0.25) is 14.9 Å². The minimum atomic E-state index is -0.400. The zero-order chi connectivity index (χ0) is 16.6. The molecule has 0 bridgehead atoms. The van der Waals surface area contributed by atoms with Gasteiger partial charge in [0.05, 0.1) is 4.92 Å². The van der Waals surface area contributed by atoms with E-state index in [1.165, 1.54) is 6.07 Å². The Morgan fingerprint density at radius 2 is 1.91 bits per heavy atom. The highest BCUT2D eigenvalue weighted by Crippen LogP contribution is 2.31. The van der Waals surface area contributed by atoms with Crippen molar-refractivity contribution in [2.75, 3.05) is 19.0 Å². The van der Waals surface area contributed by atoms with Crippen molar-refractivity contribution >= 4 is 23.2 Å². The highest BCUT2D eigenvalue weighted by molar-refractivity contribution is 6.15. The molecule has 5 heteroatoms. The Hall–Kier alpha value is -2.95. The van der Waals surface area contributed by atoms with Gasteiger partial charge < -0.3 is 4.90 Å². The van der Waals surface area contributed by atoms with Crippen molar-refractivity contribution in [3.8, 4) is 0 Å². The van der Waals surface area contributed by atoms with Crippen molar-refractivity contribution in [2.24, 2.45) is 0 Å². The summed E-state index contributed by atoms with van der Waals surface area (Å²) in [5.41, 5.74) is 3.63. The van der Waals surface area contributed by atoms with E-state index in [-0.39, 0.29) is 11.5 Å². The molecule has 1 aliphatic rings. The third-order valence-electron chi connectivity index (χ3n) is 3.95. The summed E-state index contributed by atoms with van der Waals surface area (Å²) in [4.78, 5) is 24.9. The van der Waals surface area contributed by atoms with Gasteiger partial charge in [0.1, 0.15) is 5.69 Å². The van der Waals surface area contributed by atoms with Gasteiger partial charge in [0.15, 0.2) is 5.78 Å².